The van der Waals surface area contributed by atoms with Crippen LogP contribution >= 0.6 is 0 Å². The number of hydrogen-bond acceptors (Lipinski definition) is 10. The highest BCUT2D eigenvalue weighted by Crippen LogP contribution is 2.40. The number of nitrogens with zero attached hydrogens (tertiary/aromatic N) is 5. The molecule has 6 rings (SSSR count). The molecule has 1 amide bonds. The Morgan fingerprint density at radius 2 is 1.79 bits per heavy atom. The van der Waals surface area contributed by atoms with E-state index in [2.05, 4.69) is 49.1 Å². The number of anilines is 5. The van der Waals surface area contributed by atoms with E-state index in [-0.39, 0.29) is 11.9 Å². The molecule has 11 nitrogen and oxygen atoms in total. The fourth-order valence-electron chi connectivity index (χ4n) is 6.14. The predicted octanol–water partition coefficient (Wildman–Crippen LogP) is 4.54. The molecule has 11 heteroatoms. The van der Waals surface area contributed by atoms with E-state index in [4.69, 9.17) is 14.3 Å². The van der Waals surface area contributed by atoms with Gasteiger partial charge < -0.3 is 25.0 Å². The van der Waals surface area contributed by atoms with Gasteiger partial charge in [0.15, 0.2) is 5.82 Å². The first-order valence-corrected chi connectivity index (χ1v) is 14.9. The molecule has 226 valence electrons. The summed E-state index contributed by atoms with van der Waals surface area (Å²) in [5.74, 6) is 1.60. The lowest BCUT2D eigenvalue weighted by Gasteiger charge is -2.41. The molecule has 1 aromatic heterocycles. The Labute approximate surface area is 252 Å². The molecular weight excluding hydrogens is 546 g/mol. The van der Waals surface area contributed by atoms with E-state index in [0.717, 1.165) is 64.3 Å². The normalized spacial score (nSPS) is 19.7. The average Bonchev–Trinajstić information content (AvgIpc) is 3.56. The molecule has 3 aliphatic heterocycles. The summed E-state index contributed by atoms with van der Waals surface area (Å²) < 4.78 is 11.4. The van der Waals surface area contributed by atoms with Crippen LogP contribution in [0.25, 0.3) is 0 Å². The lowest BCUT2D eigenvalue weighted by atomic mass is 10.0. The highest BCUT2D eigenvalue weighted by Gasteiger charge is 2.30. The third-order valence-corrected chi connectivity index (χ3v) is 8.36. The zero-order chi connectivity index (χ0) is 29.6. The van der Waals surface area contributed by atoms with Crippen LogP contribution in [-0.4, -0.2) is 79.9 Å². The number of methoxy groups -OCH3 is 1. The van der Waals surface area contributed by atoms with Gasteiger partial charge in [-0.2, -0.15) is 0 Å². The van der Waals surface area contributed by atoms with Gasteiger partial charge in [0, 0.05) is 50.8 Å². The maximum absolute atomic E-state index is 12.5. The third kappa shape index (κ3) is 6.58. The summed E-state index contributed by atoms with van der Waals surface area (Å²) in [4.78, 5) is 32.3. The number of ether oxygens (including phenoxy) is 2. The van der Waals surface area contributed by atoms with E-state index in [0.29, 0.717) is 41.4 Å². The first kappa shape index (κ1) is 28.9. The molecule has 1 unspecified atom stereocenters. The van der Waals surface area contributed by atoms with E-state index in [1.54, 1.807) is 7.11 Å². The fraction of sp³-hybridized carbons (Fsp3) is 0.406. The van der Waals surface area contributed by atoms with Gasteiger partial charge in [0.25, 0.3) is 0 Å². The largest absolute Gasteiger partial charge is 0.494 e. The lowest BCUT2D eigenvalue weighted by molar-refractivity contribution is -0.111. The molecule has 0 bridgehead atoms. The summed E-state index contributed by atoms with van der Waals surface area (Å²) in [5, 5.41) is 8.23. The molecule has 1 atom stereocenters. The van der Waals surface area contributed by atoms with Crippen LogP contribution in [0.2, 0.25) is 0 Å². The SMILES string of the molecule is C=CC(=O)Nc1cc(Nc2cc(N3OCCC3c3ccccc3)ncn2)c(OC)cc1N1CCC(N2CCOCC2)CC1. The van der Waals surface area contributed by atoms with Gasteiger partial charge in [-0.25, -0.2) is 15.0 Å². The number of benzene rings is 2. The van der Waals surface area contributed by atoms with Crippen molar-refractivity contribution in [2.24, 2.45) is 0 Å². The Hall–Kier alpha value is -4.19. The van der Waals surface area contributed by atoms with Crippen LogP contribution in [0.1, 0.15) is 30.9 Å². The van der Waals surface area contributed by atoms with Crippen molar-refractivity contribution in [2.75, 3.05) is 73.7 Å². The molecule has 0 spiro atoms. The molecule has 3 saturated heterocycles. The van der Waals surface area contributed by atoms with Crippen LogP contribution in [0.4, 0.5) is 28.7 Å². The van der Waals surface area contributed by atoms with Crippen LogP contribution in [0.3, 0.4) is 0 Å². The van der Waals surface area contributed by atoms with Gasteiger partial charge in [0.05, 0.1) is 50.0 Å². The van der Waals surface area contributed by atoms with Crippen LogP contribution in [-0.2, 0) is 14.4 Å². The van der Waals surface area contributed by atoms with Crippen molar-refractivity contribution in [3.63, 3.8) is 0 Å². The molecular formula is C32H39N7O4. The summed E-state index contributed by atoms with van der Waals surface area (Å²) >= 11 is 0. The summed E-state index contributed by atoms with van der Waals surface area (Å²) in [6.45, 7) is 9.59. The van der Waals surface area contributed by atoms with Crippen molar-refractivity contribution in [3.8, 4) is 5.75 Å². The van der Waals surface area contributed by atoms with Gasteiger partial charge in [-0.3, -0.25) is 14.5 Å². The van der Waals surface area contributed by atoms with Gasteiger partial charge in [-0.15, -0.1) is 0 Å². The zero-order valence-electron chi connectivity index (χ0n) is 24.6. The Morgan fingerprint density at radius 3 is 2.53 bits per heavy atom. The van der Waals surface area contributed by atoms with Crippen molar-refractivity contribution in [1.29, 1.82) is 0 Å². The zero-order valence-corrected chi connectivity index (χ0v) is 24.6. The Kier molecular flexibility index (Phi) is 9.01. The first-order valence-electron chi connectivity index (χ1n) is 14.9. The number of rotatable bonds is 9. The number of hydrogen-bond donors (Lipinski definition) is 2. The quantitative estimate of drug-likeness (QED) is 0.348. The topological polar surface area (TPSA) is 104 Å². The van der Waals surface area contributed by atoms with Gasteiger partial charge in [-0.05, 0) is 30.5 Å². The molecule has 0 aliphatic carbocycles. The Balaban J connectivity index is 1.23. The molecule has 0 radical (unpaired) electrons. The van der Waals surface area contributed by atoms with Gasteiger partial charge in [0.2, 0.25) is 5.91 Å². The third-order valence-electron chi connectivity index (χ3n) is 8.36. The number of nitrogens with one attached hydrogen (secondary N) is 2. The highest BCUT2D eigenvalue weighted by atomic mass is 16.7. The van der Waals surface area contributed by atoms with E-state index >= 15 is 0 Å². The van der Waals surface area contributed by atoms with Crippen LogP contribution in [0.15, 0.2) is 67.5 Å². The number of piperidine rings is 1. The number of aromatic nitrogens is 2. The highest BCUT2D eigenvalue weighted by molar-refractivity contribution is 6.02. The van der Waals surface area contributed by atoms with E-state index in [9.17, 15) is 4.79 Å². The van der Waals surface area contributed by atoms with Crippen LogP contribution in [0.5, 0.6) is 5.75 Å². The number of amides is 1. The monoisotopic (exact) mass is 585 g/mol. The number of carbonyl (C=O) groups excluding carboxylic acids is 1. The van der Waals surface area contributed by atoms with E-state index in [1.165, 1.54) is 18.0 Å². The minimum Gasteiger partial charge on any atom is -0.494 e. The van der Waals surface area contributed by atoms with Gasteiger partial charge in [0.1, 0.15) is 17.9 Å². The second-order valence-corrected chi connectivity index (χ2v) is 10.9. The molecule has 2 N–H and O–H groups in total. The van der Waals surface area contributed by atoms with Crippen LogP contribution in [0, 0.1) is 0 Å². The molecule has 2 aromatic carbocycles. The summed E-state index contributed by atoms with van der Waals surface area (Å²) in [6, 6.07) is 16.6. The molecule has 3 aliphatic rings. The van der Waals surface area contributed by atoms with Crippen molar-refractivity contribution in [2.45, 2.75) is 31.3 Å². The standard InChI is InChI=1S/C32H39N7O4/c1-3-32(40)36-25-19-26(29(41-2)20-28(25)38-12-9-24(10-13-38)37-14-17-42-18-15-37)35-30-21-31(34-22-33-30)39-27(11-16-43-39)23-7-5-4-6-8-23/h3-8,19-22,24,27H,1,9-18H2,2H3,(H,36,40)(H,33,34,35). The summed E-state index contributed by atoms with van der Waals surface area (Å²) in [5.41, 5.74) is 3.43. The van der Waals surface area contributed by atoms with Crippen LogP contribution < -0.4 is 25.3 Å². The average molecular weight is 586 g/mol. The van der Waals surface area contributed by atoms with Crippen molar-refractivity contribution >= 4 is 34.6 Å². The number of carbonyl (C=O) groups is 1. The maximum atomic E-state index is 12.5. The summed E-state index contributed by atoms with van der Waals surface area (Å²) in [7, 11) is 1.64. The number of morpholine rings is 1. The van der Waals surface area contributed by atoms with Gasteiger partial charge in [-0.1, -0.05) is 36.9 Å². The molecule has 3 aromatic rings. The van der Waals surface area contributed by atoms with E-state index < -0.39 is 0 Å². The van der Waals surface area contributed by atoms with Crippen molar-refractivity contribution in [3.05, 3.63) is 73.1 Å². The Bertz CT molecular complexity index is 1410. The molecule has 43 heavy (non-hydrogen) atoms. The second-order valence-electron chi connectivity index (χ2n) is 10.9. The van der Waals surface area contributed by atoms with Crippen molar-refractivity contribution < 1.29 is 19.1 Å². The minimum absolute atomic E-state index is 0.0610. The lowest BCUT2D eigenvalue weighted by Crippen LogP contribution is -2.49. The predicted molar refractivity (Wildman–Crippen MR) is 167 cm³/mol. The smallest absolute Gasteiger partial charge is 0.247 e. The fourth-order valence-corrected chi connectivity index (χ4v) is 6.14. The van der Waals surface area contributed by atoms with Crippen molar-refractivity contribution in [1.82, 2.24) is 14.9 Å². The second kappa shape index (κ2) is 13.4. The molecule has 4 heterocycles. The summed E-state index contributed by atoms with van der Waals surface area (Å²) in [6.07, 6.45) is 5.75. The molecule has 0 saturated carbocycles. The number of hydroxylamine groups is 1. The minimum atomic E-state index is -0.275. The Morgan fingerprint density at radius 1 is 1.00 bits per heavy atom. The van der Waals surface area contributed by atoms with Gasteiger partial charge >= 0.3 is 0 Å². The first-order chi connectivity index (χ1) is 21.1. The van der Waals surface area contributed by atoms with E-state index in [1.807, 2.05) is 41.5 Å². The maximum Gasteiger partial charge on any atom is 0.247 e. The molecule has 3 fully saturated rings.